The van der Waals surface area contributed by atoms with E-state index in [1.54, 1.807) is 0 Å². The molecule has 1 heteroatoms. The second-order valence-corrected chi connectivity index (χ2v) is 5.04. The first-order valence-corrected chi connectivity index (χ1v) is 6.78. The van der Waals surface area contributed by atoms with Gasteiger partial charge in [-0.05, 0) is 35.1 Å². The molecule has 0 saturated carbocycles. The van der Waals surface area contributed by atoms with Crippen molar-refractivity contribution in [2.75, 3.05) is 0 Å². The highest BCUT2D eigenvalue weighted by atomic mass is 16.3. The molecule has 0 aliphatic carbocycles. The third kappa shape index (κ3) is 3.94. The van der Waals surface area contributed by atoms with E-state index in [0.717, 1.165) is 22.3 Å². The Hall–Kier alpha value is -2.12. The molecule has 0 heterocycles. The van der Waals surface area contributed by atoms with Gasteiger partial charge in [-0.1, -0.05) is 73.8 Å². The van der Waals surface area contributed by atoms with Gasteiger partial charge in [-0.15, -0.1) is 0 Å². The Balaban J connectivity index is 1.95. The highest BCUT2D eigenvalue weighted by Gasteiger charge is 2.13. The normalized spacial score (nSPS) is 10.5. The molecule has 0 saturated heterocycles. The molecule has 0 unspecified atom stereocenters. The van der Waals surface area contributed by atoms with E-state index in [4.69, 9.17) is 0 Å². The molecule has 2 aromatic carbocycles. The highest BCUT2D eigenvalue weighted by Crippen LogP contribution is 2.18. The summed E-state index contributed by atoms with van der Waals surface area (Å²) in [4.78, 5) is 0. The largest absolute Gasteiger partial charge is 0.384 e. The van der Waals surface area contributed by atoms with Crippen LogP contribution < -0.4 is 0 Å². The Bertz CT molecular complexity index is 516. The second kappa shape index (κ2) is 6.88. The average molecular weight is 264 g/mol. The fourth-order valence-corrected chi connectivity index (χ4v) is 2.20. The Morgan fingerprint density at radius 3 is 1.45 bits per heavy atom. The summed E-state index contributed by atoms with van der Waals surface area (Å²) < 4.78 is 0. The van der Waals surface area contributed by atoms with Crippen LogP contribution in [0, 0.1) is 0 Å². The molecule has 102 valence electrons. The molecule has 0 spiro atoms. The van der Waals surface area contributed by atoms with Gasteiger partial charge in [-0.25, -0.2) is 0 Å². The summed E-state index contributed by atoms with van der Waals surface area (Å²) in [5, 5.41) is 10.3. The van der Waals surface area contributed by atoms with E-state index in [1.807, 2.05) is 60.7 Å². The lowest BCUT2D eigenvalue weighted by atomic mass is 9.94. The van der Waals surface area contributed by atoms with Crippen LogP contribution in [0.2, 0.25) is 0 Å². The molecule has 1 N–H and O–H groups in total. The van der Waals surface area contributed by atoms with Gasteiger partial charge >= 0.3 is 0 Å². The molecule has 20 heavy (non-hydrogen) atoms. The number of rotatable bonds is 6. The number of aliphatic hydroxyl groups excluding tert-OH is 1. The zero-order valence-electron chi connectivity index (χ0n) is 11.6. The molecule has 0 aromatic heterocycles. The lowest BCUT2D eigenvalue weighted by Gasteiger charge is -2.17. The van der Waals surface area contributed by atoms with Crippen LogP contribution in [-0.2, 0) is 12.8 Å². The molecular formula is C19H20O. The van der Waals surface area contributed by atoms with Gasteiger partial charge in [0.25, 0.3) is 0 Å². The fourth-order valence-electron chi connectivity index (χ4n) is 2.20. The summed E-state index contributed by atoms with van der Waals surface area (Å²) in [5.74, 6) is 0. The molecule has 0 aliphatic rings. The van der Waals surface area contributed by atoms with Crippen molar-refractivity contribution in [3.8, 4) is 0 Å². The first-order chi connectivity index (χ1) is 9.66. The summed E-state index contributed by atoms with van der Waals surface area (Å²) >= 11 is 0. The quantitative estimate of drug-likeness (QED) is 0.783. The second-order valence-electron chi connectivity index (χ2n) is 5.04. The van der Waals surface area contributed by atoms with E-state index in [1.165, 1.54) is 0 Å². The van der Waals surface area contributed by atoms with E-state index < -0.39 is 6.10 Å². The Kier molecular flexibility index (Phi) is 4.91. The standard InChI is InChI=1S/C19H20O/c1-15(13-17-9-5-3-6-10-17)19(20)16(2)14-18-11-7-4-8-12-18/h3-12,19-20H,1-2,13-14H2. The molecule has 1 nitrogen and oxygen atoms in total. The molecule has 0 radical (unpaired) electrons. The van der Waals surface area contributed by atoms with Crippen molar-refractivity contribution in [2.24, 2.45) is 0 Å². The molecule has 0 aliphatic heterocycles. The Morgan fingerprint density at radius 1 is 0.750 bits per heavy atom. The van der Waals surface area contributed by atoms with Gasteiger partial charge in [0.15, 0.2) is 0 Å². The van der Waals surface area contributed by atoms with Crippen LogP contribution in [0.5, 0.6) is 0 Å². The van der Waals surface area contributed by atoms with E-state index in [2.05, 4.69) is 13.2 Å². The maximum atomic E-state index is 10.3. The molecule has 0 amide bonds. The molecule has 0 bridgehead atoms. The summed E-state index contributed by atoms with van der Waals surface area (Å²) in [6.07, 6.45) is 0.696. The van der Waals surface area contributed by atoms with Crippen LogP contribution >= 0.6 is 0 Å². The maximum Gasteiger partial charge on any atom is 0.0962 e. The van der Waals surface area contributed by atoms with Crippen LogP contribution in [0.15, 0.2) is 85.0 Å². The summed E-state index contributed by atoms with van der Waals surface area (Å²) in [5.41, 5.74) is 3.89. The maximum absolute atomic E-state index is 10.3. The SMILES string of the molecule is C=C(Cc1ccccc1)C(O)C(=C)Cc1ccccc1. The van der Waals surface area contributed by atoms with Crippen molar-refractivity contribution in [1.82, 2.24) is 0 Å². The van der Waals surface area contributed by atoms with E-state index in [0.29, 0.717) is 12.8 Å². The van der Waals surface area contributed by atoms with Crippen molar-refractivity contribution in [3.05, 3.63) is 96.1 Å². The van der Waals surface area contributed by atoms with Crippen LogP contribution in [0.25, 0.3) is 0 Å². The van der Waals surface area contributed by atoms with Gasteiger partial charge in [0.05, 0.1) is 6.10 Å². The third-order valence-corrected chi connectivity index (χ3v) is 3.32. The van der Waals surface area contributed by atoms with Gasteiger partial charge in [0.1, 0.15) is 0 Å². The van der Waals surface area contributed by atoms with E-state index in [-0.39, 0.29) is 0 Å². The van der Waals surface area contributed by atoms with Crippen molar-refractivity contribution in [2.45, 2.75) is 18.9 Å². The topological polar surface area (TPSA) is 20.2 Å². The third-order valence-electron chi connectivity index (χ3n) is 3.32. The van der Waals surface area contributed by atoms with Gasteiger partial charge in [0, 0.05) is 0 Å². The minimum absolute atomic E-state index is 0.657. The average Bonchev–Trinajstić information content (AvgIpc) is 2.48. The molecule has 2 aromatic rings. The minimum Gasteiger partial charge on any atom is -0.384 e. The van der Waals surface area contributed by atoms with Gasteiger partial charge in [-0.3, -0.25) is 0 Å². The summed E-state index contributed by atoms with van der Waals surface area (Å²) in [6, 6.07) is 20.1. The first-order valence-electron chi connectivity index (χ1n) is 6.78. The highest BCUT2D eigenvalue weighted by molar-refractivity contribution is 5.30. The Morgan fingerprint density at radius 2 is 1.10 bits per heavy atom. The predicted molar refractivity (Wildman–Crippen MR) is 84.6 cm³/mol. The van der Waals surface area contributed by atoms with Gasteiger partial charge in [-0.2, -0.15) is 0 Å². The van der Waals surface area contributed by atoms with Gasteiger partial charge < -0.3 is 5.11 Å². The fraction of sp³-hybridized carbons (Fsp3) is 0.158. The number of benzene rings is 2. The monoisotopic (exact) mass is 264 g/mol. The van der Waals surface area contributed by atoms with Crippen LogP contribution in [0.3, 0.4) is 0 Å². The lowest BCUT2D eigenvalue weighted by molar-refractivity contribution is 0.242. The van der Waals surface area contributed by atoms with E-state index >= 15 is 0 Å². The van der Waals surface area contributed by atoms with Crippen molar-refractivity contribution >= 4 is 0 Å². The molecule has 2 rings (SSSR count). The molecule has 0 fully saturated rings. The van der Waals surface area contributed by atoms with Crippen molar-refractivity contribution < 1.29 is 5.11 Å². The summed E-state index contributed by atoms with van der Waals surface area (Å²) in [6.45, 7) is 8.00. The number of aliphatic hydroxyl groups is 1. The minimum atomic E-state index is -0.657. The van der Waals surface area contributed by atoms with Gasteiger partial charge in [0.2, 0.25) is 0 Å². The smallest absolute Gasteiger partial charge is 0.0962 e. The predicted octanol–water partition coefficient (Wildman–Crippen LogP) is 3.95. The first kappa shape index (κ1) is 14.3. The number of hydrogen-bond acceptors (Lipinski definition) is 1. The lowest BCUT2D eigenvalue weighted by Crippen LogP contribution is -2.15. The zero-order valence-corrected chi connectivity index (χ0v) is 11.6. The zero-order chi connectivity index (χ0) is 14.4. The van der Waals surface area contributed by atoms with E-state index in [9.17, 15) is 5.11 Å². The Labute approximate surface area is 120 Å². The van der Waals surface area contributed by atoms with Crippen LogP contribution in [0.4, 0.5) is 0 Å². The molecule has 0 atom stereocenters. The van der Waals surface area contributed by atoms with Crippen LogP contribution in [-0.4, -0.2) is 11.2 Å². The van der Waals surface area contributed by atoms with Crippen LogP contribution in [0.1, 0.15) is 11.1 Å². The molecular weight excluding hydrogens is 244 g/mol. The van der Waals surface area contributed by atoms with Crippen molar-refractivity contribution in [3.63, 3.8) is 0 Å². The van der Waals surface area contributed by atoms with Crippen molar-refractivity contribution in [1.29, 1.82) is 0 Å². The number of hydrogen-bond donors (Lipinski definition) is 1. The summed E-state index contributed by atoms with van der Waals surface area (Å²) in [7, 11) is 0.